The Hall–Kier alpha value is -2.82. The topological polar surface area (TPSA) is 75.6 Å². The van der Waals surface area contributed by atoms with E-state index in [9.17, 15) is 9.59 Å². The number of nitrogens with one attached hydrogen (secondary N) is 1. The fourth-order valence-corrected chi connectivity index (χ4v) is 2.41. The first-order chi connectivity index (χ1) is 11.4. The summed E-state index contributed by atoms with van der Waals surface area (Å²) in [6.45, 7) is 3.63. The standard InChI is InChI=1S/C19H21NO4/c1-19(2,14-7-4-3-5-8-14)12-17(21)20-15-9-6-10-16(11-15)24-13-18(22)23/h3-11H,12-13H2,1-2H3,(H,20,21)(H,22,23). The van der Waals surface area contributed by atoms with Gasteiger partial charge in [0.1, 0.15) is 5.75 Å². The Morgan fingerprint density at radius 3 is 2.46 bits per heavy atom. The zero-order chi connectivity index (χ0) is 17.6. The van der Waals surface area contributed by atoms with E-state index in [1.54, 1.807) is 24.3 Å². The average molecular weight is 327 g/mol. The molecule has 0 spiro atoms. The molecule has 0 fully saturated rings. The molecule has 0 saturated heterocycles. The van der Waals surface area contributed by atoms with Crippen LogP contribution in [0.1, 0.15) is 25.8 Å². The lowest BCUT2D eigenvalue weighted by molar-refractivity contribution is -0.139. The maximum absolute atomic E-state index is 12.3. The van der Waals surface area contributed by atoms with E-state index in [0.29, 0.717) is 17.9 Å². The number of aliphatic carboxylic acids is 1. The summed E-state index contributed by atoms with van der Waals surface area (Å²) in [5, 5.41) is 11.5. The van der Waals surface area contributed by atoms with Crippen LogP contribution in [0, 0.1) is 0 Å². The van der Waals surface area contributed by atoms with Crippen LogP contribution >= 0.6 is 0 Å². The molecule has 0 aromatic heterocycles. The third-order valence-corrected chi connectivity index (χ3v) is 3.64. The fourth-order valence-electron chi connectivity index (χ4n) is 2.41. The maximum Gasteiger partial charge on any atom is 0.341 e. The second kappa shape index (κ2) is 7.64. The lowest BCUT2D eigenvalue weighted by Gasteiger charge is -2.24. The van der Waals surface area contributed by atoms with Crippen molar-refractivity contribution in [2.24, 2.45) is 0 Å². The summed E-state index contributed by atoms with van der Waals surface area (Å²) >= 11 is 0. The zero-order valence-electron chi connectivity index (χ0n) is 13.8. The van der Waals surface area contributed by atoms with E-state index in [4.69, 9.17) is 9.84 Å². The number of carboxylic acids is 1. The van der Waals surface area contributed by atoms with Crippen molar-refractivity contribution in [1.82, 2.24) is 0 Å². The van der Waals surface area contributed by atoms with Crippen molar-refractivity contribution in [1.29, 1.82) is 0 Å². The minimum Gasteiger partial charge on any atom is -0.482 e. The number of anilines is 1. The first kappa shape index (κ1) is 17.5. The van der Waals surface area contributed by atoms with Crippen molar-refractivity contribution < 1.29 is 19.4 Å². The first-order valence-corrected chi connectivity index (χ1v) is 7.67. The molecule has 126 valence electrons. The molecule has 0 unspecified atom stereocenters. The van der Waals surface area contributed by atoms with Gasteiger partial charge in [0, 0.05) is 18.2 Å². The van der Waals surface area contributed by atoms with Crippen LogP contribution < -0.4 is 10.1 Å². The summed E-state index contributed by atoms with van der Waals surface area (Å²) in [6, 6.07) is 16.6. The van der Waals surface area contributed by atoms with Crippen molar-refractivity contribution in [2.75, 3.05) is 11.9 Å². The maximum atomic E-state index is 12.3. The predicted molar refractivity (Wildman–Crippen MR) is 92.3 cm³/mol. The molecule has 5 nitrogen and oxygen atoms in total. The SMILES string of the molecule is CC(C)(CC(=O)Nc1cccc(OCC(=O)O)c1)c1ccccc1. The second-order valence-corrected chi connectivity index (χ2v) is 6.19. The number of hydrogen-bond acceptors (Lipinski definition) is 3. The van der Waals surface area contributed by atoms with Crippen molar-refractivity contribution >= 4 is 17.6 Å². The van der Waals surface area contributed by atoms with Crippen LogP contribution in [-0.4, -0.2) is 23.6 Å². The summed E-state index contributed by atoms with van der Waals surface area (Å²) in [5.74, 6) is -0.759. The molecule has 2 N–H and O–H groups in total. The Morgan fingerprint density at radius 1 is 1.08 bits per heavy atom. The monoisotopic (exact) mass is 327 g/mol. The van der Waals surface area contributed by atoms with Crippen LogP contribution in [0.4, 0.5) is 5.69 Å². The Morgan fingerprint density at radius 2 is 1.79 bits per heavy atom. The number of carbonyl (C=O) groups excluding carboxylic acids is 1. The van der Waals surface area contributed by atoms with Gasteiger partial charge in [-0.05, 0) is 23.1 Å². The van der Waals surface area contributed by atoms with Crippen LogP contribution in [-0.2, 0) is 15.0 Å². The van der Waals surface area contributed by atoms with Crippen LogP contribution in [0.5, 0.6) is 5.75 Å². The summed E-state index contributed by atoms with van der Waals surface area (Å²) in [5.41, 5.74) is 1.38. The molecule has 2 aromatic carbocycles. The molecule has 1 amide bonds. The number of benzene rings is 2. The molecule has 0 heterocycles. The van der Waals surface area contributed by atoms with Crippen molar-refractivity contribution in [3.63, 3.8) is 0 Å². The van der Waals surface area contributed by atoms with E-state index in [2.05, 4.69) is 5.32 Å². The van der Waals surface area contributed by atoms with E-state index in [0.717, 1.165) is 5.56 Å². The van der Waals surface area contributed by atoms with Crippen molar-refractivity contribution in [2.45, 2.75) is 25.7 Å². The van der Waals surface area contributed by atoms with Gasteiger partial charge in [0.15, 0.2) is 6.61 Å². The smallest absolute Gasteiger partial charge is 0.341 e. The van der Waals surface area contributed by atoms with Crippen LogP contribution in [0.2, 0.25) is 0 Å². The van der Waals surface area contributed by atoms with E-state index in [1.165, 1.54) is 0 Å². The second-order valence-electron chi connectivity index (χ2n) is 6.19. The Balaban J connectivity index is 1.99. The van der Waals surface area contributed by atoms with Gasteiger partial charge in [-0.1, -0.05) is 50.2 Å². The molecule has 0 aliphatic carbocycles. The van der Waals surface area contributed by atoms with E-state index >= 15 is 0 Å². The third-order valence-electron chi connectivity index (χ3n) is 3.64. The molecule has 2 rings (SSSR count). The van der Waals surface area contributed by atoms with Gasteiger partial charge in [-0.15, -0.1) is 0 Å². The van der Waals surface area contributed by atoms with Gasteiger partial charge in [0.05, 0.1) is 0 Å². The molecule has 0 radical (unpaired) electrons. The van der Waals surface area contributed by atoms with Gasteiger partial charge in [-0.25, -0.2) is 4.79 Å². The highest BCUT2D eigenvalue weighted by Crippen LogP contribution is 2.27. The van der Waals surface area contributed by atoms with Crippen LogP contribution in [0.3, 0.4) is 0 Å². The van der Waals surface area contributed by atoms with Crippen LogP contribution in [0.15, 0.2) is 54.6 Å². The number of carboxylic acid groups (broad SMARTS) is 1. The number of ether oxygens (including phenoxy) is 1. The summed E-state index contributed by atoms with van der Waals surface area (Å²) in [7, 11) is 0. The molecule has 0 atom stereocenters. The predicted octanol–water partition coefficient (Wildman–Crippen LogP) is 3.46. The number of rotatable bonds is 7. The summed E-state index contributed by atoms with van der Waals surface area (Å²) < 4.78 is 5.11. The Kier molecular flexibility index (Phi) is 5.58. The van der Waals surface area contributed by atoms with Crippen molar-refractivity contribution in [3.05, 3.63) is 60.2 Å². The quantitative estimate of drug-likeness (QED) is 0.816. The van der Waals surface area contributed by atoms with Gasteiger partial charge in [0.2, 0.25) is 5.91 Å². The largest absolute Gasteiger partial charge is 0.482 e. The third kappa shape index (κ3) is 5.12. The summed E-state index contributed by atoms with van der Waals surface area (Å²) in [6.07, 6.45) is 0.331. The molecule has 0 aliphatic rings. The van der Waals surface area contributed by atoms with E-state index in [-0.39, 0.29) is 11.3 Å². The number of hydrogen-bond donors (Lipinski definition) is 2. The number of carbonyl (C=O) groups is 2. The molecule has 5 heteroatoms. The zero-order valence-corrected chi connectivity index (χ0v) is 13.8. The molecular formula is C19H21NO4. The molecule has 0 bridgehead atoms. The minimum atomic E-state index is -1.05. The Bertz CT molecular complexity index is 710. The van der Waals surface area contributed by atoms with Crippen LogP contribution in [0.25, 0.3) is 0 Å². The van der Waals surface area contributed by atoms with Gasteiger partial charge >= 0.3 is 5.97 Å². The van der Waals surface area contributed by atoms with Crippen molar-refractivity contribution in [3.8, 4) is 5.75 Å². The molecular weight excluding hydrogens is 306 g/mol. The highest BCUT2D eigenvalue weighted by Gasteiger charge is 2.24. The Labute approximate surface area is 141 Å². The normalized spacial score (nSPS) is 10.9. The lowest BCUT2D eigenvalue weighted by atomic mass is 9.81. The van der Waals surface area contributed by atoms with E-state index in [1.807, 2.05) is 44.2 Å². The molecule has 24 heavy (non-hydrogen) atoms. The van der Waals surface area contributed by atoms with E-state index < -0.39 is 12.6 Å². The van der Waals surface area contributed by atoms with Gasteiger partial charge in [-0.3, -0.25) is 4.79 Å². The number of amides is 1. The highest BCUT2D eigenvalue weighted by atomic mass is 16.5. The van der Waals surface area contributed by atoms with Gasteiger partial charge < -0.3 is 15.2 Å². The molecule has 0 saturated carbocycles. The minimum absolute atomic E-state index is 0.112. The fraction of sp³-hybridized carbons (Fsp3) is 0.263. The molecule has 0 aliphatic heterocycles. The average Bonchev–Trinajstić information content (AvgIpc) is 2.53. The highest BCUT2D eigenvalue weighted by molar-refractivity contribution is 5.91. The van der Waals surface area contributed by atoms with Gasteiger partial charge in [-0.2, -0.15) is 0 Å². The lowest BCUT2D eigenvalue weighted by Crippen LogP contribution is -2.25. The molecule has 2 aromatic rings. The van der Waals surface area contributed by atoms with Gasteiger partial charge in [0.25, 0.3) is 0 Å². The summed E-state index contributed by atoms with van der Waals surface area (Å²) in [4.78, 5) is 22.9. The first-order valence-electron chi connectivity index (χ1n) is 7.67.